The van der Waals surface area contributed by atoms with Crippen LogP contribution in [-0.2, 0) is 4.79 Å². The number of aromatic nitrogens is 5. The number of hydrogen-bond acceptors (Lipinski definition) is 5. The molecule has 0 spiro atoms. The molecule has 0 bridgehead atoms. The third-order valence-electron chi connectivity index (χ3n) is 3.46. The van der Waals surface area contributed by atoms with E-state index in [-0.39, 0.29) is 11.9 Å². The summed E-state index contributed by atoms with van der Waals surface area (Å²) in [7, 11) is 0. The quantitative estimate of drug-likeness (QED) is 0.658. The second-order valence-electron chi connectivity index (χ2n) is 5.69. The Morgan fingerprint density at radius 2 is 2.04 bits per heavy atom. The van der Waals surface area contributed by atoms with Crippen LogP contribution in [0.4, 0.5) is 5.82 Å². The maximum absolute atomic E-state index is 12.5. The first-order chi connectivity index (χ1) is 11.9. The third kappa shape index (κ3) is 3.75. The molecule has 132 valence electrons. The first-order valence-corrected chi connectivity index (χ1v) is 9.21. The van der Waals surface area contributed by atoms with Crippen LogP contribution in [0.25, 0.3) is 5.65 Å². The van der Waals surface area contributed by atoms with E-state index < -0.39 is 5.25 Å². The van der Waals surface area contributed by atoms with E-state index in [4.69, 9.17) is 23.2 Å². The van der Waals surface area contributed by atoms with Gasteiger partial charge in [0.05, 0.1) is 21.5 Å². The zero-order valence-electron chi connectivity index (χ0n) is 13.8. The van der Waals surface area contributed by atoms with Crippen LogP contribution < -0.4 is 5.32 Å². The number of thioether (sulfide) groups is 1. The highest BCUT2D eigenvalue weighted by molar-refractivity contribution is 8.00. The van der Waals surface area contributed by atoms with Crippen LogP contribution in [0.2, 0.25) is 10.0 Å². The van der Waals surface area contributed by atoms with Crippen LogP contribution in [0.15, 0.2) is 29.7 Å². The number of nitrogens with one attached hydrogen (secondary N) is 1. The molecule has 0 fully saturated rings. The van der Waals surface area contributed by atoms with Gasteiger partial charge in [-0.25, -0.2) is 4.68 Å². The van der Waals surface area contributed by atoms with E-state index >= 15 is 0 Å². The summed E-state index contributed by atoms with van der Waals surface area (Å²) in [5, 5.41) is 16.2. The van der Waals surface area contributed by atoms with Gasteiger partial charge in [-0.2, -0.15) is 5.10 Å². The molecule has 0 aliphatic rings. The van der Waals surface area contributed by atoms with Crippen LogP contribution in [0.3, 0.4) is 0 Å². The second-order valence-corrected chi connectivity index (χ2v) is 7.84. The largest absolute Gasteiger partial charge is 0.310 e. The summed E-state index contributed by atoms with van der Waals surface area (Å²) in [5.74, 6) is 0.502. The lowest BCUT2D eigenvalue weighted by Gasteiger charge is -2.14. The number of carbonyl (C=O) groups is 1. The molecule has 3 aromatic heterocycles. The Hall–Kier alpha value is -1.77. The van der Waals surface area contributed by atoms with Crippen LogP contribution in [0.1, 0.15) is 26.8 Å². The van der Waals surface area contributed by atoms with Crippen LogP contribution in [0.5, 0.6) is 0 Å². The molecule has 10 heteroatoms. The monoisotopic (exact) mass is 398 g/mol. The predicted molar refractivity (Wildman–Crippen MR) is 99.6 cm³/mol. The molecule has 3 aromatic rings. The zero-order chi connectivity index (χ0) is 18.1. The SMILES string of the molecule is CC(C)n1nccc1NC(=O)[C@H](C)Sc1nnc2c(Cl)cc(Cl)cn12. The van der Waals surface area contributed by atoms with Gasteiger partial charge >= 0.3 is 0 Å². The molecular formula is C15H16Cl2N6OS. The van der Waals surface area contributed by atoms with Crippen molar-refractivity contribution in [1.29, 1.82) is 0 Å². The van der Waals surface area contributed by atoms with Gasteiger partial charge in [0.25, 0.3) is 0 Å². The van der Waals surface area contributed by atoms with Crippen molar-refractivity contribution in [3.05, 3.63) is 34.6 Å². The van der Waals surface area contributed by atoms with Crippen LogP contribution in [-0.4, -0.2) is 35.5 Å². The summed E-state index contributed by atoms with van der Waals surface area (Å²) in [6.45, 7) is 5.79. The lowest BCUT2D eigenvalue weighted by atomic mass is 10.4. The smallest absolute Gasteiger partial charge is 0.238 e. The molecule has 0 radical (unpaired) electrons. The molecule has 7 nitrogen and oxygen atoms in total. The summed E-state index contributed by atoms with van der Waals surface area (Å²) < 4.78 is 3.43. The highest BCUT2D eigenvalue weighted by Crippen LogP contribution is 2.28. The number of fused-ring (bicyclic) bond motifs is 1. The van der Waals surface area contributed by atoms with E-state index in [2.05, 4.69) is 20.6 Å². The van der Waals surface area contributed by atoms with Gasteiger partial charge < -0.3 is 5.32 Å². The number of anilines is 1. The summed E-state index contributed by atoms with van der Waals surface area (Å²) in [4.78, 5) is 12.5. The Bertz CT molecular complexity index is 922. The average Bonchev–Trinajstić information content (AvgIpc) is 3.15. The first-order valence-electron chi connectivity index (χ1n) is 7.57. The van der Waals surface area contributed by atoms with Gasteiger partial charge in [0.1, 0.15) is 5.82 Å². The molecule has 0 aliphatic carbocycles. The van der Waals surface area contributed by atoms with Crippen molar-refractivity contribution in [2.75, 3.05) is 5.32 Å². The number of halogens is 2. The number of amides is 1. The minimum absolute atomic E-state index is 0.151. The molecule has 1 atom stereocenters. The van der Waals surface area contributed by atoms with Crippen molar-refractivity contribution >= 4 is 52.3 Å². The fraction of sp³-hybridized carbons (Fsp3) is 0.333. The molecular weight excluding hydrogens is 383 g/mol. The van der Waals surface area contributed by atoms with E-state index in [1.165, 1.54) is 11.8 Å². The molecule has 0 aliphatic heterocycles. The topological polar surface area (TPSA) is 77.1 Å². The Kier molecular flexibility index (Phi) is 5.21. The summed E-state index contributed by atoms with van der Waals surface area (Å²) in [6.07, 6.45) is 3.33. The maximum Gasteiger partial charge on any atom is 0.238 e. The standard InChI is InChI=1S/C15H16Cl2N6OS/c1-8(2)23-12(4-5-18-23)19-14(24)9(3)25-15-21-20-13-11(17)6-10(16)7-22(13)15/h4-9H,1-3H3,(H,19,24)/t9-/m0/s1. The molecule has 3 heterocycles. The van der Waals surface area contributed by atoms with E-state index in [1.54, 1.807) is 40.5 Å². The van der Waals surface area contributed by atoms with E-state index in [0.717, 1.165) is 0 Å². The van der Waals surface area contributed by atoms with E-state index in [1.807, 2.05) is 13.8 Å². The minimum Gasteiger partial charge on any atom is -0.310 e. The van der Waals surface area contributed by atoms with E-state index in [9.17, 15) is 4.79 Å². The van der Waals surface area contributed by atoms with Crippen LogP contribution in [0, 0.1) is 0 Å². The fourth-order valence-corrected chi connectivity index (χ4v) is 3.58. The molecule has 1 amide bonds. The average molecular weight is 399 g/mol. The van der Waals surface area contributed by atoms with Crippen molar-refractivity contribution in [3.8, 4) is 0 Å². The molecule has 0 unspecified atom stereocenters. The van der Waals surface area contributed by atoms with Gasteiger partial charge in [0, 0.05) is 18.3 Å². The van der Waals surface area contributed by atoms with Gasteiger partial charge in [-0.15, -0.1) is 10.2 Å². The molecule has 1 N–H and O–H groups in total. The number of carbonyl (C=O) groups excluding carboxylic acids is 1. The summed E-state index contributed by atoms with van der Waals surface area (Å²) in [5.41, 5.74) is 0.499. The minimum atomic E-state index is -0.402. The molecule has 25 heavy (non-hydrogen) atoms. The Labute approximate surface area is 158 Å². The number of rotatable bonds is 5. The first kappa shape index (κ1) is 18.0. The van der Waals surface area contributed by atoms with E-state index in [0.29, 0.717) is 26.7 Å². The molecule has 3 rings (SSSR count). The molecule has 0 aromatic carbocycles. The number of hydrogen-bond donors (Lipinski definition) is 1. The highest BCUT2D eigenvalue weighted by atomic mass is 35.5. The van der Waals surface area contributed by atoms with Crippen molar-refractivity contribution in [2.24, 2.45) is 0 Å². The van der Waals surface area contributed by atoms with Crippen molar-refractivity contribution in [3.63, 3.8) is 0 Å². The molecule has 0 saturated heterocycles. The normalized spacial score (nSPS) is 12.7. The van der Waals surface area contributed by atoms with Gasteiger partial charge in [-0.05, 0) is 26.8 Å². The fourth-order valence-electron chi connectivity index (χ4n) is 2.25. The van der Waals surface area contributed by atoms with Crippen molar-refractivity contribution in [2.45, 2.75) is 37.2 Å². The van der Waals surface area contributed by atoms with Crippen molar-refractivity contribution in [1.82, 2.24) is 24.4 Å². The summed E-state index contributed by atoms with van der Waals surface area (Å²) >= 11 is 13.4. The lowest BCUT2D eigenvalue weighted by molar-refractivity contribution is -0.115. The zero-order valence-corrected chi connectivity index (χ0v) is 16.1. The van der Waals surface area contributed by atoms with Crippen molar-refractivity contribution < 1.29 is 4.79 Å². The number of nitrogens with zero attached hydrogens (tertiary/aromatic N) is 5. The van der Waals surface area contributed by atoms with Gasteiger partial charge in [0.15, 0.2) is 10.8 Å². The third-order valence-corrected chi connectivity index (χ3v) is 5.00. The van der Waals surface area contributed by atoms with Gasteiger partial charge in [-0.1, -0.05) is 35.0 Å². The maximum atomic E-state index is 12.5. The molecule has 0 saturated carbocycles. The lowest BCUT2D eigenvalue weighted by Crippen LogP contribution is -2.24. The highest BCUT2D eigenvalue weighted by Gasteiger charge is 2.20. The second kappa shape index (κ2) is 7.23. The van der Waals surface area contributed by atoms with Gasteiger partial charge in [0.2, 0.25) is 5.91 Å². The van der Waals surface area contributed by atoms with Gasteiger partial charge in [-0.3, -0.25) is 9.20 Å². The Balaban J connectivity index is 1.77. The Morgan fingerprint density at radius 1 is 1.28 bits per heavy atom. The summed E-state index contributed by atoms with van der Waals surface area (Å²) in [6, 6.07) is 3.52. The predicted octanol–water partition coefficient (Wildman–Crippen LogP) is 3.93. The number of pyridine rings is 1. The van der Waals surface area contributed by atoms with Crippen LogP contribution >= 0.6 is 35.0 Å². The Morgan fingerprint density at radius 3 is 2.76 bits per heavy atom.